The summed E-state index contributed by atoms with van der Waals surface area (Å²) in [6, 6.07) is 18.4. The molecule has 2 heterocycles. The number of carbonyl (C=O) groups is 3. The average Bonchev–Trinajstić information content (AvgIpc) is 3.30. The molecule has 2 aromatic carbocycles. The third kappa shape index (κ3) is 6.80. The van der Waals surface area contributed by atoms with Gasteiger partial charge in [0.15, 0.2) is 0 Å². The predicted octanol–water partition coefficient (Wildman–Crippen LogP) is 2.31. The maximum absolute atomic E-state index is 13.6. The fraction of sp³-hybridized carbons (Fsp3) is 0.103. The molecule has 0 bridgehead atoms. The van der Waals surface area contributed by atoms with E-state index >= 15 is 0 Å². The van der Waals surface area contributed by atoms with E-state index in [2.05, 4.69) is 37.3 Å². The summed E-state index contributed by atoms with van der Waals surface area (Å²) in [5.41, 5.74) is 2.91. The van der Waals surface area contributed by atoms with Crippen LogP contribution in [0.5, 0.6) is 0 Å². The molecule has 0 radical (unpaired) electrons. The highest BCUT2D eigenvalue weighted by Crippen LogP contribution is 2.14. The molecule has 0 aliphatic rings. The lowest BCUT2D eigenvalue weighted by atomic mass is 10.1. The van der Waals surface area contributed by atoms with E-state index in [-0.39, 0.29) is 16.4 Å². The third-order valence-corrected chi connectivity index (χ3v) is 7.57. The van der Waals surface area contributed by atoms with Crippen molar-refractivity contribution in [3.63, 3.8) is 0 Å². The SMILES string of the molecule is CNC(=O)C=S(=O)(NC(=O)c1cncc(C#Cc2cccc(NC(=O)c3cc(C)nn3C)c2)c1)c1ccccc1. The first-order valence-corrected chi connectivity index (χ1v) is 13.7. The molecule has 40 heavy (non-hydrogen) atoms. The Labute approximate surface area is 232 Å². The Morgan fingerprint density at radius 1 is 0.925 bits per heavy atom. The van der Waals surface area contributed by atoms with Crippen LogP contribution >= 0.6 is 0 Å². The van der Waals surface area contributed by atoms with Crippen molar-refractivity contribution in [2.24, 2.45) is 7.05 Å². The normalized spacial score (nSPS) is 11.8. The number of hydrogen-bond donors (Lipinski definition) is 3. The van der Waals surface area contributed by atoms with Crippen molar-refractivity contribution in [2.45, 2.75) is 11.8 Å². The second-order valence-corrected chi connectivity index (χ2v) is 10.7. The minimum absolute atomic E-state index is 0.119. The molecular formula is C29H26N6O4S. The molecule has 3 N–H and O–H groups in total. The van der Waals surface area contributed by atoms with Crippen molar-refractivity contribution >= 4 is 38.5 Å². The van der Waals surface area contributed by atoms with Crippen molar-refractivity contribution in [2.75, 3.05) is 12.4 Å². The number of nitrogens with one attached hydrogen (secondary N) is 3. The standard InChI is InChI=1S/C29H26N6O4S/c1-20-14-26(35(3)33-20)29(38)32-24-9-7-8-21(16-24)12-13-22-15-23(18-31-17-22)28(37)34-40(39,19-27(36)30-2)25-10-5-4-6-11-25/h4-11,14-19H,1-3H3,(H,30,36)(H,32,38)(H,34,37,39). The maximum Gasteiger partial charge on any atom is 0.273 e. The number of hydrogen-bond acceptors (Lipinski definition) is 6. The van der Waals surface area contributed by atoms with Gasteiger partial charge in [0, 0.05) is 43.3 Å². The number of anilines is 1. The van der Waals surface area contributed by atoms with Crippen LogP contribution in [0.15, 0.2) is 84.0 Å². The van der Waals surface area contributed by atoms with Gasteiger partial charge in [0.1, 0.15) is 5.69 Å². The monoisotopic (exact) mass is 554 g/mol. The smallest absolute Gasteiger partial charge is 0.273 e. The van der Waals surface area contributed by atoms with Crippen LogP contribution < -0.4 is 15.4 Å². The molecule has 11 heteroatoms. The van der Waals surface area contributed by atoms with E-state index in [9.17, 15) is 18.6 Å². The van der Waals surface area contributed by atoms with Gasteiger partial charge < -0.3 is 10.6 Å². The topological polar surface area (TPSA) is 135 Å². The summed E-state index contributed by atoms with van der Waals surface area (Å²) in [7, 11) is -0.265. The van der Waals surface area contributed by atoms with Crippen LogP contribution in [0, 0.1) is 18.8 Å². The lowest BCUT2D eigenvalue weighted by molar-refractivity contribution is -0.113. The molecule has 0 aliphatic heterocycles. The van der Waals surface area contributed by atoms with Crippen molar-refractivity contribution in [1.82, 2.24) is 24.8 Å². The van der Waals surface area contributed by atoms with Crippen molar-refractivity contribution in [3.8, 4) is 11.8 Å². The van der Waals surface area contributed by atoms with Crippen LogP contribution in [0.4, 0.5) is 5.69 Å². The molecule has 4 rings (SSSR count). The second kappa shape index (κ2) is 12.1. The minimum Gasteiger partial charge on any atom is -0.355 e. The molecule has 4 aromatic rings. The van der Waals surface area contributed by atoms with Gasteiger partial charge in [0.2, 0.25) is 0 Å². The van der Waals surface area contributed by atoms with Crippen molar-refractivity contribution in [3.05, 3.63) is 107 Å². The van der Waals surface area contributed by atoms with Crippen LogP contribution in [0.25, 0.3) is 0 Å². The van der Waals surface area contributed by atoms with E-state index in [1.807, 2.05) is 6.92 Å². The molecule has 0 saturated heterocycles. The number of aromatic nitrogens is 3. The number of rotatable bonds is 6. The van der Waals surface area contributed by atoms with E-state index in [1.165, 1.54) is 30.2 Å². The van der Waals surface area contributed by atoms with Gasteiger partial charge in [-0.1, -0.05) is 36.1 Å². The zero-order chi connectivity index (χ0) is 28.7. The summed E-state index contributed by atoms with van der Waals surface area (Å²) in [6.07, 6.45) is 2.81. The Hall–Kier alpha value is -5.21. The molecule has 0 saturated carbocycles. The predicted molar refractivity (Wildman–Crippen MR) is 153 cm³/mol. The molecule has 0 aliphatic carbocycles. The fourth-order valence-corrected chi connectivity index (χ4v) is 5.34. The first-order valence-electron chi connectivity index (χ1n) is 12.0. The van der Waals surface area contributed by atoms with E-state index in [1.54, 1.807) is 67.7 Å². The van der Waals surface area contributed by atoms with E-state index in [4.69, 9.17) is 0 Å². The maximum atomic E-state index is 13.6. The quantitative estimate of drug-likeness (QED) is 0.247. The van der Waals surface area contributed by atoms with Gasteiger partial charge in [-0.2, -0.15) is 5.10 Å². The summed E-state index contributed by atoms with van der Waals surface area (Å²) in [6.45, 7) is 1.81. The highest BCUT2D eigenvalue weighted by Gasteiger charge is 2.18. The Morgan fingerprint density at radius 3 is 2.38 bits per heavy atom. The largest absolute Gasteiger partial charge is 0.355 e. The van der Waals surface area contributed by atoms with Gasteiger partial charge in [-0.3, -0.25) is 28.8 Å². The average molecular weight is 555 g/mol. The van der Waals surface area contributed by atoms with Crippen LogP contribution in [-0.4, -0.2) is 49.1 Å². The van der Waals surface area contributed by atoms with Crippen LogP contribution in [0.1, 0.15) is 37.7 Å². The summed E-state index contributed by atoms with van der Waals surface area (Å²) < 4.78 is 17.6. The summed E-state index contributed by atoms with van der Waals surface area (Å²) in [5, 5.41) is 10.4. The van der Waals surface area contributed by atoms with Crippen LogP contribution in [0.3, 0.4) is 0 Å². The number of nitrogens with zero attached hydrogens (tertiary/aromatic N) is 3. The first kappa shape index (κ1) is 27.8. The number of amides is 3. The van der Waals surface area contributed by atoms with Gasteiger partial charge in [-0.05, 0) is 49.4 Å². The third-order valence-electron chi connectivity index (χ3n) is 5.56. The van der Waals surface area contributed by atoms with E-state index in [0.29, 0.717) is 22.5 Å². The molecule has 0 spiro atoms. The highest BCUT2D eigenvalue weighted by atomic mass is 32.2. The minimum atomic E-state index is -3.37. The molecular weight excluding hydrogens is 528 g/mol. The number of pyridine rings is 1. The molecule has 1 unspecified atom stereocenters. The Balaban J connectivity index is 1.53. The second-order valence-electron chi connectivity index (χ2n) is 8.62. The number of aryl methyl sites for hydroxylation is 2. The molecule has 1 atom stereocenters. The Morgan fingerprint density at radius 2 is 1.68 bits per heavy atom. The Kier molecular flexibility index (Phi) is 8.42. The van der Waals surface area contributed by atoms with Gasteiger partial charge in [0.25, 0.3) is 17.7 Å². The molecule has 10 nitrogen and oxygen atoms in total. The number of carbonyl (C=O) groups excluding carboxylic acids is 3. The van der Waals surface area contributed by atoms with Gasteiger partial charge in [0.05, 0.1) is 31.2 Å². The van der Waals surface area contributed by atoms with Crippen molar-refractivity contribution < 1.29 is 18.6 Å². The lowest BCUT2D eigenvalue weighted by Crippen LogP contribution is -2.35. The van der Waals surface area contributed by atoms with E-state index < -0.39 is 21.5 Å². The summed E-state index contributed by atoms with van der Waals surface area (Å²) in [4.78, 5) is 42.0. The summed E-state index contributed by atoms with van der Waals surface area (Å²) in [5.74, 6) is 4.38. The molecule has 2 aromatic heterocycles. The van der Waals surface area contributed by atoms with Gasteiger partial charge >= 0.3 is 0 Å². The molecule has 0 fully saturated rings. The van der Waals surface area contributed by atoms with Crippen molar-refractivity contribution in [1.29, 1.82) is 0 Å². The molecule has 3 amide bonds. The highest BCUT2D eigenvalue weighted by molar-refractivity contribution is 8.01. The first-order chi connectivity index (χ1) is 19.2. The lowest BCUT2D eigenvalue weighted by Gasteiger charge is -2.13. The zero-order valence-electron chi connectivity index (χ0n) is 22.0. The van der Waals surface area contributed by atoms with E-state index in [0.717, 1.165) is 11.1 Å². The fourth-order valence-electron chi connectivity index (χ4n) is 3.66. The molecule has 202 valence electrons. The van der Waals surface area contributed by atoms with Gasteiger partial charge in [-0.25, -0.2) is 4.21 Å². The van der Waals surface area contributed by atoms with Gasteiger partial charge in [-0.15, -0.1) is 0 Å². The number of benzene rings is 2. The Bertz CT molecular complexity index is 1780. The van der Waals surface area contributed by atoms with Crippen LogP contribution in [0.2, 0.25) is 0 Å². The summed E-state index contributed by atoms with van der Waals surface area (Å²) >= 11 is 0. The van der Waals surface area contributed by atoms with Crippen LogP contribution in [-0.2, 0) is 21.5 Å². The zero-order valence-corrected chi connectivity index (χ0v) is 22.8.